The third-order valence-corrected chi connectivity index (χ3v) is 10.8. The molecule has 2 heterocycles. The van der Waals surface area contributed by atoms with Gasteiger partial charge in [-0.05, 0) is 93.4 Å². The summed E-state index contributed by atoms with van der Waals surface area (Å²) in [5, 5.41) is 3.53. The molecule has 5 nitrogen and oxygen atoms in total. The third-order valence-electron chi connectivity index (χ3n) is 8.76. The smallest absolute Gasteiger partial charge is 0.317 e. The number of halogens is 1. The van der Waals surface area contributed by atoms with Crippen LogP contribution in [0.3, 0.4) is 0 Å². The summed E-state index contributed by atoms with van der Waals surface area (Å²) in [5.74, 6) is 3.59. The summed E-state index contributed by atoms with van der Waals surface area (Å²) in [4.78, 5) is 30.5. The summed E-state index contributed by atoms with van der Waals surface area (Å²) >= 11 is 5.36. The molecule has 0 aromatic heterocycles. The number of nitrogens with zero attached hydrogens (tertiary/aromatic N) is 2. The zero-order chi connectivity index (χ0) is 21.9. The van der Waals surface area contributed by atoms with Crippen LogP contribution in [0.4, 0.5) is 4.79 Å². The van der Waals surface area contributed by atoms with E-state index in [1.54, 1.807) is 0 Å². The van der Waals surface area contributed by atoms with E-state index in [-0.39, 0.29) is 22.3 Å². The van der Waals surface area contributed by atoms with Crippen molar-refractivity contribution in [3.63, 3.8) is 0 Å². The fraction of sp³-hybridized carbons (Fsp3) is 0.680. The Balaban J connectivity index is 1.10. The SMILES string of the molecule is O=C(NC12CC3CC(CC(C3)C1)C2)N1CCC2(CC1)SCCN2C(=O)c1ccc(Br)cc1. The lowest BCUT2D eigenvalue weighted by molar-refractivity contribution is -0.0164. The van der Waals surface area contributed by atoms with Crippen molar-refractivity contribution in [1.29, 1.82) is 0 Å². The van der Waals surface area contributed by atoms with Crippen molar-refractivity contribution < 1.29 is 9.59 Å². The summed E-state index contributed by atoms with van der Waals surface area (Å²) in [6.45, 7) is 2.25. The van der Waals surface area contributed by atoms with E-state index >= 15 is 0 Å². The lowest BCUT2D eigenvalue weighted by atomic mass is 9.53. The van der Waals surface area contributed by atoms with Gasteiger partial charge in [0.25, 0.3) is 5.91 Å². The fourth-order valence-corrected chi connectivity index (χ4v) is 9.41. The molecule has 1 spiro atoms. The lowest BCUT2D eigenvalue weighted by Crippen LogP contribution is -2.63. The van der Waals surface area contributed by atoms with E-state index in [4.69, 9.17) is 0 Å². The molecular weight excluding hydrogens is 486 g/mol. The normalized spacial score (nSPS) is 34.8. The van der Waals surface area contributed by atoms with Crippen molar-refractivity contribution in [1.82, 2.24) is 15.1 Å². The molecule has 32 heavy (non-hydrogen) atoms. The number of urea groups is 1. The van der Waals surface area contributed by atoms with Gasteiger partial charge in [0, 0.05) is 41.0 Å². The average molecular weight is 519 g/mol. The molecule has 1 N–H and O–H groups in total. The number of likely N-dealkylation sites (tertiary alicyclic amines) is 1. The molecule has 0 atom stereocenters. The minimum atomic E-state index is -0.165. The van der Waals surface area contributed by atoms with Gasteiger partial charge in [0.1, 0.15) is 0 Å². The molecule has 7 heteroatoms. The van der Waals surface area contributed by atoms with Crippen LogP contribution in [0.15, 0.2) is 28.7 Å². The highest BCUT2D eigenvalue weighted by atomic mass is 79.9. The monoisotopic (exact) mass is 517 g/mol. The first-order valence-corrected chi connectivity index (χ1v) is 14.0. The Bertz CT molecular complexity index is 877. The van der Waals surface area contributed by atoms with Crippen molar-refractivity contribution in [3.8, 4) is 0 Å². The summed E-state index contributed by atoms with van der Waals surface area (Å²) < 4.78 is 0.984. The molecule has 0 radical (unpaired) electrons. The maximum Gasteiger partial charge on any atom is 0.317 e. The minimum absolute atomic E-state index is 0.0622. The van der Waals surface area contributed by atoms with E-state index in [0.717, 1.165) is 66.0 Å². The topological polar surface area (TPSA) is 52.7 Å². The number of rotatable bonds is 2. The van der Waals surface area contributed by atoms with E-state index in [2.05, 4.69) is 26.1 Å². The summed E-state index contributed by atoms with van der Waals surface area (Å²) in [7, 11) is 0. The molecule has 1 aromatic rings. The average Bonchev–Trinajstić information content (AvgIpc) is 3.15. The molecule has 4 aliphatic carbocycles. The number of carbonyl (C=O) groups is 2. The van der Waals surface area contributed by atoms with Crippen LogP contribution in [-0.2, 0) is 0 Å². The molecule has 6 aliphatic rings. The van der Waals surface area contributed by atoms with Gasteiger partial charge in [-0.15, -0.1) is 11.8 Å². The molecular formula is C25H32BrN3O2S. The van der Waals surface area contributed by atoms with E-state index in [1.807, 2.05) is 40.9 Å². The molecule has 4 saturated carbocycles. The number of hydrogen-bond donors (Lipinski definition) is 1. The highest BCUT2D eigenvalue weighted by Gasteiger charge is 2.52. The van der Waals surface area contributed by atoms with Gasteiger partial charge in [-0.25, -0.2) is 4.79 Å². The Morgan fingerprint density at radius 1 is 0.938 bits per heavy atom. The lowest BCUT2D eigenvalue weighted by Gasteiger charge is -2.57. The summed E-state index contributed by atoms with van der Waals surface area (Å²) in [6.07, 6.45) is 9.44. The second-order valence-corrected chi connectivity index (χ2v) is 13.2. The number of benzene rings is 1. The van der Waals surface area contributed by atoms with Crippen molar-refractivity contribution in [2.75, 3.05) is 25.4 Å². The number of thioether (sulfide) groups is 1. The number of hydrogen-bond acceptors (Lipinski definition) is 3. The zero-order valence-corrected chi connectivity index (χ0v) is 20.9. The van der Waals surface area contributed by atoms with Crippen LogP contribution in [0.2, 0.25) is 0 Å². The van der Waals surface area contributed by atoms with Crippen LogP contribution in [0.25, 0.3) is 0 Å². The Morgan fingerprint density at radius 2 is 1.53 bits per heavy atom. The Kier molecular flexibility index (Phi) is 5.29. The van der Waals surface area contributed by atoms with Crippen LogP contribution in [0.5, 0.6) is 0 Å². The molecule has 7 rings (SSSR count). The van der Waals surface area contributed by atoms with E-state index < -0.39 is 0 Å². The molecule has 172 valence electrons. The van der Waals surface area contributed by atoms with Gasteiger partial charge < -0.3 is 15.1 Å². The van der Waals surface area contributed by atoms with Crippen LogP contribution >= 0.6 is 27.7 Å². The first kappa shape index (κ1) is 21.3. The predicted octanol–water partition coefficient (Wildman–Crippen LogP) is 5.11. The van der Waals surface area contributed by atoms with Gasteiger partial charge in [0.15, 0.2) is 0 Å². The fourth-order valence-electron chi connectivity index (χ4n) is 7.69. The zero-order valence-electron chi connectivity index (χ0n) is 18.5. The number of piperidine rings is 1. The number of nitrogens with one attached hydrogen (secondary N) is 1. The van der Waals surface area contributed by atoms with Crippen LogP contribution in [-0.4, -0.2) is 57.5 Å². The second kappa shape index (κ2) is 7.93. The van der Waals surface area contributed by atoms with Crippen molar-refractivity contribution in [3.05, 3.63) is 34.3 Å². The van der Waals surface area contributed by atoms with Crippen LogP contribution in [0, 0.1) is 17.8 Å². The molecule has 1 aromatic carbocycles. The first-order valence-electron chi connectivity index (χ1n) is 12.2. The Hall–Kier alpha value is -1.21. The number of carbonyl (C=O) groups excluding carboxylic acids is 2. The van der Waals surface area contributed by atoms with E-state index in [9.17, 15) is 9.59 Å². The highest BCUT2D eigenvalue weighted by Crippen LogP contribution is 2.55. The van der Waals surface area contributed by atoms with Crippen LogP contribution < -0.4 is 5.32 Å². The van der Waals surface area contributed by atoms with E-state index in [1.165, 1.54) is 38.5 Å². The Morgan fingerprint density at radius 3 is 2.12 bits per heavy atom. The van der Waals surface area contributed by atoms with Crippen molar-refractivity contribution >= 4 is 39.6 Å². The van der Waals surface area contributed by atoms with Gasteiger partial charge in [-0.2, -0.15) is 0 Å². The summed E-state index contributed by atoms with van der Waals surface area (Å²) in [6, 6.07) is 7.80. The molecule has 0 unspecified atom stereocenters. The van der Waals surface area contributed by atoms with Gasteiger partial charge in [-0.3, -0.25) is 4.79 Å². The van der Waals surface area contributed by atoms with Gasteiger partial charge >= 0.3 is 6.03 Å². The van der Waals surface area contributed by atoms with Gasteiger partial charge in [0.2, 0.25) is 0 Å². The maximum absolute atomic E-state index is 13.3. The van der Waals surface area contributed by atoms with Crippen molar-refractivity contribution in [2.45, 2.75) is 61.8 Å². The standard InChI is InChI=1S/C25H32BrN3O2S/c26-21-3-1-20(2-4-21)22(30)29-9-10-32-25(29)5-7-28(8-6-25)23(31)27-24-14-17-11-18(15-24)13-19(12-17)16-24/h1-4,17-19H,5-16H2,(H,27,31). The molecule has 4 bridgehead atoms. The molecule has 3 amide bonds. The first-order chi connectivity index (χ1) is 15.4. The molecule has 2 aliphatic heterocycles. The van der Waals surface area contributed by atoms with Gasteiger partial charge in [-0.1, -0.05) is 15.9 Å². The minimum Gasteiger partial charge on any atom is -0.333 e. The number of amides is 3. The van der Waals surface area contributed by atoms with Gasteiger partial charge in [0.05, 0.1) is 4.87 Å². The quantitative estimate of drug-likeness (QED) is 0.592. The Labute approximate surface area is 203 Å². The van der Waals surface area contributed by atoms with Crippen LogP contribution in [0.1, 0.15) is 61.7 Å². The maximum atomic E-state index is 13.3. The third kappa shape index (κ3) is 3.67. The highest BCUT2D eigenvalue weighted by molar-refractivity contribution is 9.10. The second-order valence-electron chi connectivity index (χ2n) is 10.9. The van der Waals surface area contributed by atoms with Crippen molar-refractivity contribution in [2.24, 2.45) is 17.8 Å². The van der Waals surface area contributed by atoms with E-state index in [0.29, 0.717) is 0 Å². The largest absolute Gasteiger partial charge is 0.333 e. The molecule has 2 saturated heterocycles. The molecule has 6 fully saturated rings. The summed E-state index contributed by atoms with van der Waals surface area (Å²) in [5.41, 5.74) is 0.809. The predicted molar refractivity (Wildman–Crippen MR) is 131 cm³/mol.